The zero-order chi connectivity index (χ0) is 21.5. The van der Waals surface area contributed by atoms with E-state index in [1.807, 2.05) is 36.4 Å². The molecule has 3 aromatic rings. The fourth-order valence-corrected chi connectivity index (χ4v) is 3.56. The second kappa shape index (κ2) is 9.80. The quantitative estimate of drug-likeness (QED) is 0.487. The summed E-state index contributed by atoms with van der Waals surface area (Å²) in [6.45, 7) is 3.26. The van der Waals surface area contributed by atoms with Crippen molar-refractivity contribution in [2.24, 2.45) is 0 Å². The predicted molar refractivity (Wildman–Crippen MR) is 120 cm³/mol. The number of nitrogens with zero attached hydrogens (tertiary/aromatic N) is 3. The molecule has 0 bridgehead atoms. The molecule has 0 saturated heterocycles. The Bertz CT molecular complexity index is 1000. The van der Waals surface area contributed by atoms with Crippen molar-refractivity contribution in [1.29, 1.82) is 0 Å². The molecule has 0 fully saturated rings. The van der Waals surface area contributed by atoms with Crippen LogP contribution in [0.1, 0.15) is 11.5 Å². The van der Waals surface area contributed by atoms with Crippen LogP contribution in [-0.4, -0.2) is 53.8 Å². The van der Waals surface area contributed by atoms with Crippen LogP contribution < -0.4 is 20.3 Å². The molecule has 160 valence electrons. The summed E-state index contributed by atoms with van der Waals surface area (Å²) >= 11 is 0. The minimum atomic E-state index is -0.888. The first kappa shape index (κ1) is 20.5. The molecule has 0 aliphatic carbocycles. The molecule has 0 saturated carbocycles. The first-order valence-corrected chi connectivity index (χ1v) is 10.2. The Morgan fingerprint density at radius 2 is 2.10 bits per heavy atom. The van der Waals surface area contributed by atoms with Crippen LogP contribution in [0.3, 0.4) is 0 Å². The maximum Gasteiger partial charge on any atom is 0.312 e. The molecule has 0 amide bonds. The van der Waals surface area contributed by atoms with Crippen molar-refractivity contribution >= 4 is 23.2 Å². The van der Waals surface area contributed by atoms with Crippen molar-refractivity contribution in [2.75, 3.05) is 48.3 Å². The van der Waals surface area contributed by atoms with Crippen molar-refractivity contribution in [2.45, 2.75) is 5.92 Å². The van der Waals surface area contributed by atoms with Crippen molar-refractivity contribution in [3.05, 3.63) is 72.7 Å². The van der Waals surface area contributed by atoms with E-state index in [4.69, 9.17) is 4.74 Å². The van der Waals surface area contributed by atoms with Crippen LogP contribution in [0.5, 0.6) is 5.75 Å². The molecular weight excluding hydrogens is 394 g/mol. The van der Waals surface area contributed by atoms with Gasteiger partial charge in [-0.05, 0) is 35.9 Å². The van der Waals surface area contributed by atoms with Crippen LogP contribution in [0.4, 0.5) is 17.2 Å². The molecule has 31 heavy (non-hydrogen) atoms. The number of aromatic nitrogens is 2. The normalized spacial score (nSPS) is 13.6. The average Bonchev–Trinajstić information content (AvgIpc) is 2.80. The Morgan fingerprint density at radius 1 is 1.16 bits per heavy atom. The van der Waals surface area contributed by atoms with Gasteiger partial charge in [-0.1, -0.05) is 12.1 Å². The maximum absolute atomic E-state index is 11.7. The van der Waals surface area contributed by atoms with Crippen LogP contribution in [0.15, 0.2) is 67.1 Å². The van der Waals surface area contributed by atoms with Gasteiger partial charge in [-0.3, -0.25) is 9.78 Å². The fraction of sp³-hybridized carbons (Fsp3) is 0.261. The van der Waals surface area contributed by atoms with E-state index in [-0.39, 0.29) is 6.54 Å². The lowest BCUT2D eigenvalue weighted by Gasteiger charge is -2.31. The van der Waals surface area contributed by atoms with Gasteiger partial charge in [0.05, 0.1) is 12.2 Å². The monoisotopic (exact) mass is 419 g/mol. The predicted octanol–water partition coefficient (Wildman–Crippen LogP) is 3.07. The number of benzene rings is 1. The highest BCUT2D eigenvalue weighted by Gasteiger charge is 2.21. The summed E-state index contributed by atoms with van der Waals surface area (Å²) in [6.07, 6.45) is 4.99. The van der Waals surface area contributed by atoms with Crippen molar-refractivity contribution in [3.63, 3.8) is 0 Å². The van der Waals surface area contributed by atoms with Gasteiger partial charge in [-0.2, -0.15) is 0 Å². The lowest BCUT2D eigenvalue weighted by atomic mass is 10.0. The third-order valence-electron chi connectivity index (χ3n) is 5.17. The van der Waals surface area contributed by atoms with Crippen molar-refractivity contribution < 1.29 is 14.6 Å². The van der Waals surface area contributed by atoms with E-state index in [1.54, 1.807) is 30.7 Å². The maximum atomic E-state index is 11.7. The highest BCUT2D eigenvalue weighted by atomic mass is 16.5. The highest BCUT2D eigenvalue weighted by Crippen LogP contribution is 2.34. The van der Waals surface area contributed by atoms with Gasteiger partial charge in [0.15, 0.2) is 0 Å². The molecule has 0 radical (unpaired) electrons. The third-order valence-corrected chi connectivity index (χ3v) is 5.17. The van der Waals surface area contributed by atoms with Gasteiger partial charge < -0.3 is 25.4 Å². The molecule has 3 N–H and O–H groups in total. The van der Waals surface area contributed by atoms with Gasteiger partial charge in [-0.25, -0.2) is 4.98 Å². The van der Waals surface area contributed by atoms with Crippen LogP contribution in [0.25, 0.3) is 0 Å². The van der Waals surface area contributed by atoms with Gasteiger partial charge in [0.2, 0.25) is 0 Å². The van der Waals surface area contributed by atoms with Crippen molar-refractivity contribution in [3.8, 4) is 5.75 Å². The number of carbonyl (C=O) groups is 1. The standard InChI is InChI=1S/C23H25N5O3/c29-23(30)19(17-4-3-8-24-15-17)16-27-18-6-7-20-21(14-18)31-13-12-28(20)11-10-26-22-5-1-2-9-25-22/h1-9,14-15,19,27H,10-13,16H2,(H,25,26)(H,29,30). The van der Waals surface area contributed by atoms with E-state index in [0.717, 1.165) is 42.6 Å². The molecule has 2 aromatic heterocycles. The molecule has 1 aliphatic rings. The Labute approximate surface area is 180 Å². The van der Waals surface area contributed by atoms with Crippen LogP contribution in [0, 0.1) is 0 Å². The summed E-state index contributed by atoms with van der Waals surface area (Å²) in [6, 6.07) is 15.2. The Morgan fingerprint density at radius 3 is 2.87 bits per heavy atom. The summed E-state index contributed by atoms with van der Waals surface area (Å²) < 4.78 is 5.86. The molecule has 1 aliphatic heterocycles. The summed E-state index contributed by atoms with van der Waals surface area (Å²) in [4.78, 5) is 22.3. The molecule has 1 atom stereocenters. The van der Waals surface area contributed by atoms with E-state index in [9.17, 15) is 9.90 Å². The molecule has 8 heteroatoms. The summed E-state index contributed by atoms with van der Waals surface area (Å²) in [7, 11) is 0. The number of pyridine rings is 2. The van der Waals surface area contributed by atoms with Gasteiger partial charge in [0.25, 0.3) is 0 Å². The molecule has 8 nitrogen and oxygen atoms in total. The smallest absolute Gasteiger partial charge is 0.312 e. The first-order chi connectivity index (χ1) is 15.2. The second-order valence-electron chi connectivity index (χ2n) is 7.22. The van der Waals surface area contributed by atoms with Crippen LogP contribution in [0.2, 0.25) is 0 Å². The fourth-order valence-electron chi connectivity index (χ4n) is 3.56. The summed E-state index contributed by atoms with van der Waals surface area (Å²) in [5.74, 6) is 0.0839. The van der Waals surface area contributed by atoms with E-state index in [1.165, 1.54) is 0 Å². The molecule has 4 rings (SSSR count). The number of ether oxygens (including phenoxy) is 1. The van der Waals surface area contributed by atoms with E-state index < -0.39 is 11.9 Å². The number of rotatable bonds is 9. The lowest BCUT2D eigenvalue weighted by molar-refractivity contribution is -0.138. The van der Waals surface area contributed by atoms with Crippen LogP contribution in [-0.2, 0) is 4.79 Å². The lowest BCUT2D eigenvalue weighted by Crippen LogP contribution is -2.36. The average molecular weight is 419 g/mol. The number of fused-ring (bicyclic) bond motifs is 1. The molecule has 3 heterocycles. The molecular formula is C23H25N5O3. The van der Waals surface area contributed by atoms with E-state index in [2.05, 4.69) is 25.5 Å². The van der Waals surface area contributed by atoms with Gasteiger partial charge in [0.1, 0.15) is 24.1 Å². The Balaban J connectivity index is 1.38. The number of carboxylic acid groups (broad SMARTS) is 1. The minimum absolute atomic E-state index is 0.261. The summed E-state index contributed by atoms with van der Waals surface area (Å²) in [5.41, 5.74) is 2.52. The topological polar surface area (TPSA) is 99.6 Å². The highest BCUT2D eigenvalue weighted by molar-refractivity contribution is 5.77. The van der Waals surface area contributed by atoms with Gasteiger partial charge in [-0.15, -0.1) is 0 Å². The number of aliphatic carboxylic acids is 1. The Hall–Kier alpha value is -3.81. The second-order valence-corrected chi connectivity index (χ2v) is 7.22. The van der Waals surface area contributed by atoms with Crippen LogP contribution >= 0.6 is 0 Å². The number of nitrogens with one attached hydrogen (secondary N) is 2. The minimum Gasteiger partial charge on any atom is -0.489 e. The molecule has 1 unspecified atom stereocenters. The van der Waals surface area contributed by atoms with E-state index in [0.29, 0.717) is 12.2 Å². The first-order valence-electron chi connectivity index (χ1n) is 10.2. The van der Waals surface area contributed by atoms with E-state index >= 15 is 0 Å². The van der Waals surface area contributed by atoms with Crippen molar-refractivity contribution in [1.82, 2.24) is 9.97 Å². The third kappa shape index (κ3) is 5.22. The largest absolute Gasteiger partial charge is 0.489 e. The zero-order valence-electron chi connectivity index (χ0n) is 17.1. The molecule has 0 spiro atoms. The number of hydrogen-bond donors (Lipinski definition) is 3. The zero-order valence-corrected chi connectivity index (χ0v) is 17.1. The van der Waals surface area contributed by atoms with Gasteiger partial charge in [0, 0.05) is 50.0 Å². The Kier molecular flexibility index (Phi) is 6.47. The number of hydrogen-bond acceptors (Lipinski definition) is 7. The number of carboxylic acids is 1. The SMILES string of the molecule is O=C(O)C(CNc1ccc2c(c1)OCCN2CCNc1ccccn1)c1cccnc1. The number of anilines is 3. The molecule has 1 aromatic carbocycles. The summed E-state index contributed by atoms with van der Waals surface area (Å²) in [5, 5.41) is 16.1. The van der Waals surface area contributed by atoms with Gasteiger partial charge >= 0.3 is 5.97 Å².